The van der Waals surface area contributed by atoms with Gasteiger partial charge in [0.05, 0.1) is 0 Å². The number of carbonyl (C=O) groups excluding carboxylic acids is 1. The first-order valence-electron chi connectivity index (χ1n) is 7.35. The highest BCUT2D eigenvalue weighted by atomic mass is 79.9. The number of hydrogen-bond donors (Lipinski definition) is 1. The highest BCUT2D eigenvalue weighted by Gasteiger charge is 2.15. The Bertz CT molecular complexity index is 678. The second-order valence-electron chi connectivity index (χ2n) is 5.45. The number of amides is 1. The fourth-order valence-corrected chi connectivity index (χ4v) is 3.65. The van der Waals surface area contributed by atoms with E-state index in [1.807, 2.05) is 18.3 Å². The maximum absolute atomic E-state index is 12.0. The maximum atomic E-state index is 12.0. The minimum Gasteiger partial charge on any atom is -0.302 e. The zero-order valence-corrected chi connectivity index (χ0v) is 14.5. The Balaban J connectivity index is 1.55. The van der Waals surface area contributed by atoms with E-state index < -0.39 is 0 Å². The summed E-state index contributed by atoms with van der Waals surface area (Å²) in [5, 5.41) is 3.60. The monoisotopic (exact) mass is 376 g/mol. The molecule has 5 heteroatoms. The second kappa shape index (κ2) is 7.20. The predicted molar refractivity (Wildman–Crippen MR) is 94.2 cm³/mol. The molecule has 0 unspecified atom stereocenters. The molecule has 1 heterocycles. The number of benzene rings is 1. The van der Waals surface area contributed by atoms with Crippen molar-refractivity contribution in [2.75, 3.05) is 5.32 Å². The lowest BCUT2D eigenvalue weighted by Crippen LogP contribution is -2.14. The molecule has 0 spiro atoms. The Labute approximate surface area is 142 Å². The van der Waals surface area contributed by atoms with Gasteiger partial charge >= 0.3 is 0 Å². The molecule has 0 radical (unpaired) electrons. The van der Waals surface area contributed by atoms with E-state index in [1.54, 1.807) is 11.3 Å². The number of nitrogens with one attached hydrogen (secondary N) is 1. The van der Waals surface area contributed by atoms with Gasteiger partial charge in [0.25, 0.3) is 0 Å². The summed E-state index contributed by atoms with van der Waals surface area (Å²) < 4.78 is 1.08. The van der Waals surface area contributed by atoms with Gasteiger partial charge in [-0.3, -0.25) is 4.79 Å². The average Bonchev–Trinajstić information content (AvgIpc) is 3.14. The number of thiazole rings is 1. The summed E-state index contributed by atoms with van der Waals surface area (Å²) >= 11 is 4.98. The molecule has 1 N–H and O–H groups in total. The molecule has 2 aromatic rings. The summed E-state index contributed by atoms with van der Waals surface area (Å²) in [6.45, 7) is 0. The van der Waals surface area contributed by atoms with Crippen molar-refractivity contribution in [1.82, 2.24) is 4.98 Å². The van der Waals surface area contributed by atoms with Gasteiger partial charge < -0.3 is 5.32 Å². The molecule has 1 atom stereocenters. The van der Waals surface area contributed by atoms with E-state index in [0.717, 1.165) is 28.6 Å². The molecule has 0 aliphatic heterocycles. The van der Waals surface area contributed by atoms with Gasteiger partial charge in [-0.1, -0.05) is 40.2 Å². The molecule has 0 saturated heterocycles. The number of rotatable bonds is 5. The average molecular weight is 377 g/mol. The molecular formula is C17H17BrN2OS. The van der Waals surface area contributed by atoms with E-state index in [9.17, 15) is 4.79 Å². The van der Waals surface area contributed by atoms with Gasteiger partial charge in [0.1, 0.15) is 0 Å². The molecule has 3 nitrogen and oxygen atoms in total. The van der Waals surface area contributed by atoms with Crippen molar-refractivity contribution in [1.29, 1.82) is 0 Å². The lowest BCUT2D eigenvalue weighted by Gasteiger charge is -2.06. The van der Waals surface area contributed by atoms with Crippen LogP contribution in [0.4, 0.5) is 5.13 Å². The number of halogens is 1. The molecular weight excluding hydrogens is 360 g/mol. The highest BCUT2D eigenvalue weighted by Crippen LogP contribution is 2.24. The minimum absolute atomic E-state index is 0.0566. The Hall–Kier alpha value is -1.46. The van der Waals surface area contributed by atoms with Crippen LogP contribution >= 0.6 is 27.3 Å². The lowest BCUT2D eigenvalue weighted by molar-refractivity contribution is -0.116. The van der Waals surface area contributed by atoms with Crippen LogP contribution in [0.2, 0.25) is 0 Å². The molecule has 1 aromatic carbocycles. The molecule has 1 aliphatic carbocycles. The van der Waals surface area contributed by atoms with E-state index in [-0.39, 0.29) is 5.91 Å². The Morgan fingerprint density at radius 2 is 2.18 bits per heavy atom. The third-order valence-electron chi connectivity index (χ3n) is 3.65. The van der Waals surface area contributed by atoms with Crippen molar-refractivity contribution in [3.63, 3.8) is 0 Å². The quantitative estimate of drug-likeness (QED) is 0.762. The van der Waals surface area contributed by atoms with Gasteiger partial charge in [-0.2, -0.15) is 0 Å². The van der Waals surface area contributed by atoms with Gasteiger partial charge in [0.15, 0.2) is 5.13 Å². The number of aromatic nitrogens is 1. The molecule has 1 amide bonds. The SMILES string of the molecule is O=C(C[C@@H]1C=CCC1)Nc1ncc(Cc2ccc(Br)cc2)s1. The number of nitrogens with zero attached hydrogens (tertiary/aromatic N) is 1. The van der Waals surface area contributed by atoms with Crippen LogP contribution in [0.5, 0.6) is 0 Å². The van der Waals surface area contributed by atoms with Crippen molar-refractivity contribution in [3.05, 3.63) is 57.5 Å². The zero-order valence-electron chi connectivity index (χ0n) is 12.1. The Morgan fingerprint density at radius 1 is 1.36 bits per heavy atom. The van der Waals surface area contributed by atoms with Gasteiger partial charge in [0, 0.05) is 28.4 Å². The molecule has 1 aromatic heterocycles. The van der Waals surface area contributed by atoms with Crippen LogP contribution in [0.1, 0.15) is 29.7 Å². The van der Waals surface area contributed by atoms with Crippen LogP contribution < -0.4 is 5.32 Å². The first-order valence-corrected chi connectivity index (χ1v) is 8.95. The number of allylic oxidation sites excluding steroid dienone is 2. The van der Waals surface area contributed by atoms with E-state index in [1.165, 1.54) is 5.56 Å². The molecule has 114 valence electrons. The Kier molecular flexibility index (Phi) is 5.05. The van der Waals surface area contributed by atoms with Crippen molar-refractivity contribution in [2.24, 2.45) is 5.92 Å². The van der Waals surface area contributed by atoms with Crippen LogP contribution in [0.25, 0.3) is 0 Å². The molecule has 22 heavy (non-hydrogen) atoms. The summed E-state index contributed by atoms with van der Waals surface area (Å²) in [5.41, 5.74) is 1.24. The standard InChI is InChI=1S/C17H17BrN2OS/c18-14-7-5-13(6-8-14)9-15-11-19-17(22-15)20-16(21)10-12-3-1-2-4-12/h1,3,5-8,11-12H,2,4,9-10H2,(H,19,20,21)/t12-/m1/s1. The molecule has 0 fully saturated rings. The van der Waals surface area contributed by atoms with Crippen LogP contribution in [0.15, 0.2) is 47.1 Å². The van der Waals surface area contributed by atoms with E-state index in [2.05, 4.69) is 50.5 Å². The minimum atomic E-state index is 0.0566. The van der Waals surface area contributed by atoms with Gasteiger partial charge in [-0.05, 0) is 36.5 Å². The van der Waals surface area contributed by atoms with Gasteiger partial charge in [-0.15, -0.1) is 11.3 Å². The van der Waals surface area contributed by atoms with Crippen molar-refractivity contribution < 1.29 is 4.79 Å². The third kappa shape index (κ3) is 4.27. The maximum Gasteiger partial charge on any atom is 0.226 e. The predicted octanol–water partition coefficient (Wildman–Crippen LogP) is 4.79. The Morgan fingerprint density at radius 3 is 2.91 bits per heavy atom. The van der Waals surface area contributed by atoms with Crippen molar-refractivity contribution >= 4 is 38.3 Å². The van der Waals surface area contributed by atoms with Gasteiger partial charge in [0.2, 0.25) is 5.91 Å². The molecule has 0 saturated carbocycles. The highest BCUT2D eigenvalue weighted by molar-refractivity contribution is 9.10. The summed E-state index contributed by atoms with van der Waals surface area (Å²) in [5.74, 6) is 0.447. The lowest BCUT2D eigenvalue weighted by atomic mass is 10.1. The summed E-state index contributed by atoms with van der Waals surface area (Å²) in [7, 11) is 0. The summed E-state index contributed by atoms with van der Waals surface area (Å²) in [4.78, 5) is 17.4. The van der Waals surface area contributed by atoms with E-state index in [0.29, 0.717) is 17.5 Å². The van der Waals surface area contributed by atoms with Crippen LogP contribution in [0, 0.1) is 5.92 Å². The van der Waals surface area contributed by atoms with Crippen LogP contribution in [-0.2, 0) is 11.2 Å². The number of hydrogen-bond acceptors (Lipinski definition) is 3. The molecule has 1 aliphatic rings. The van der Waals surface area contributed by atoms with Crippen molar-refractivity contribution in [2.45, 2.75) is 25.7 Å². The van der Waals surface area contributed by atoms with E-state index >= 15 is 0 Å². The topological polar surface area (TPSA) is 42.0 Å². The number of carbonyl (C=O) groups is 1. The summed E-state index contributed by atoms with van der Waals surface area (Å²) in [6, 6.07) is 8.26. The first kappa shape index (κ1) is 15.4. The second-order valence-corrected chi connectivity index (χ2v) is 7.48. The smallest absolute Gasteiger partial charge is 0.226 e. The molecule has 0 bridgehead atoms. The first-order chi connectivity index (χ1) is 10.7. The third-order valence-corrected chi connectivity index (χ3v) is 5.09. The zero-order chi connectivity index (χ0) is 15.4. The van der Waals surface area contributed by atoms with Crippen LogP contribution in [-0.4, -0.2) is 10.9 Å². The largest absolute Gasteiger partial charge is 0.302 e. The number of anilines is 1. The van der Waals surface area contributed by atoms with Crippen LogP contribution in [0.3, 0.4) is 0 Å². The fraction of sp³-hybridized carbons (Fsp3) is 0.294. The summed E-state index contributed by atoms with van der Waals surface area (Å²) in [6.07, 6.45) is 9.70. The van der Waals surface area contributed by atoms with Gasteiger partial charge in [-0.25, -0.2) is 4.98 Å². The van der Waals surface area contributed by atoms with E-state index in [4.69, 9.17) is 0 Å². The normalized spacial score (nSPS) is 16.9. The fourth-order valence-electron chi connectivity index (χ4n) is 2.52. The van der Waals surface area contributed by atoms with Crippen molar-refractivity contribution in [3.8, 4) is 0 Å². The molecule has 3 rings (SSSR count).